The minimum absolute atomic E-state index is 0.203. The van der Waals surface area contributed by atoms with E-state index in [9.17, 15) is 5.11 Å². The Bertz CT molecular complexity index is 540. The van der Waals surface area contributed by atoms with E-state index >= 15 is 0 Å². The second-order valence-electron chi connectivity index (χ2n) is 4.44. The van der Waals surface area contributed by atoms with Crippen LogP contribution in [0.1, 0.15) is 31.9 Å². The van der Waals surface area contributed by atoms with Gasteiger partial charge in [0.15, 0.2) is 0 Å². The molecule has 0 spiro atoms. The van der Waals surface area contributed by atoms with E-state index in [0.29, 0.717) is 11.5 Å². The standard InChI is InChI=1S/C14H19N3O/c1-3-4-5-9-15-14-16-10(2)11-7-6-8-12(18)13(11)17-14/h6-8,18H,3-5,9H2,1-2H3,(H,15,16,17). The van der Waals surface area contributed by atoms with Crippen LogP contribution in [0.4, 0.5) is 5.95 Å². The number of aryl methyl sites for hydroxylation is 1. The molecule has 1 aromatic carbocycles. The minimum atomic E-state index is 0.203. The number of aromatic hydroxyl groups is 1. The van der Waals surface area contributed by atoms with Crippen molar-refractivity contribution in [3.8, 4) is 5.75 Å². The highest BCUT2D eigenvalue weighted by Crippen LogP contribution is 2.25. The van der Waals surface area contributed by atoms with Gasteiger partial charge < -0.3 is 10.4 Å². The number of aromatic nitrogens is 2. The van der Waals surface area contributed by atoms with Crippen molar-refractivity contribution < 1.29 is 5.11 Å². The van der Waals surface area contributed by atoms with Gasteiger partial charge in [0.25, 0.3) is 0 Å². The number of hydrogen-bond donors (Lipinski definition) is 2. The normalized spacial score (nSPS) is 10.8. The molecular formula is C14H19N3O. The first kappa shape index (κ1) is 12.6. The number of benzene rings is 1. The zero-order valence-electron chi connectivity index (χ0n) is 10.9. The molecule has 0 saturated heterocycles. The van der Waals surface area contributed by atoms with Crippen molar-refractivity contribution in [2.45, 2.75) is 33.1 Å². The van der Waals surface area contributed by atoms with Crippen LogP contribution < -0.4 is 5.32 Å². The second kappa shape index (κ2) is 5.67. The van der Waals surface area contributed by atoms with E-state index in [1.807, 2.05) is 19.1 Å². The molecule has 2 N–H and O–H groups in total. The molecule has 0 atom stereocenters. The Morgan fingerprint density at radius 2 is 2.06 bits per heavy atom. The Labute approximate surface area is 107 Å². The molecule has 4 nitrogen and oxygen atoms in total. The van der Waals surface area contributed by atoms with Gasteiger partial charge >= 0.3 is 0 Å². The molecule has 0 bridgehead atoms. The number of anilines is 1. The van der Waals surface area contributed by atoms with E-state index in [-0.39, 0.29) is 5.75 Å². The summed E-state index contributed by atoms with van der Waals surface area (Å²) in [5.74, 6) is 0.798. The molecule has 0 fully saturated rings. The Hall–Kier alpha value is -1.84. The maximum atomic E-state index is 9.81. The molecule has 4 heteroatoms. The number of phenolic OH excluding ortho intramolecular Hbond substituents is 1. The van der Waals surface area contributed by atoms with Crippen molar-refractivity contribution in [3.63, 3.8) is 0 Å². The molecule has 0 amide bonds. The van der Waals surface area contributed by atoms with Gasteiger partial charge in [-0.3, -0.25) is 0 Å². The van der Waals surface area contributed by atoms with Gasteiger partial charge in [-0.1, -0.05) is 31.9 Å². The molecule has 0 aliphatic heterocycles. The maximum Gasteiger partial charge on any atom is 0.223 e. The minimum Gasteiger partial charge on any atom is -0.506 e. The predicted octanol–water partition coefficient (Wildman–Crippen LogP) is 3.25. The summed E-state index contributed by atoms with van der Waals surface area (Å²) in [5.41, 5.74) is 1.50. The van der Waals surface area contributed by atoms with Crippen LogP contribution in [0.3, 0.4) is 0 Å². The fraction of sp³-hybridized carbons (Fsp3) is 0.429. The lowest BCUT2D eigenvalue weighted by Gasteiger charge is -2.08. The third-order valence-corrected chi connectivity index (χ3v) is 2.96. The highest BCUT2D eigenvalue weighted by molar-refractivity contribution is 5.86. The Kier molecular flexibility index (Phi) is 3.97. The smallest absolute Gasteiger partial charge is 0.223 e. The second-order valence-corrected chi connectivity index (χ2v) is 4.44. The molecule has 0 aliphatic rings. The fourth-order valence-electron chi connectivity index (χ4n) is 1.95. The van der Waals surface area contributed by atoms with E-state index < -0.39 is 0 Å². The zero-order valence-corrected chi connectivity index (χ0v) is 10.9. The van der Waals surface area contributed by atoms with Gasteiger partial charge in [0.05, 0.1) is 5.69 Å². The van der Waals surface area contributed by atoms with Gasteiger partial charge in [-0.2, -0.15) is 0 Å². The quantitative estimate of drug-likeness (QED) is 0.794. The summed E-state index contributed by atoms with van der Waals surface area (Å²) in [5, 5.41) is 13.9. The van der Waals surface area contributed by atoms with Crippen molar-refractivity contribution in [2.75, 3.05) is 11.9 Å². The molecule has 1 aromatic heterocycles. The first-order valence-corrected chi connectivity index (χ1v) is 6.42. The van der Waals surface area contributed by atoms with Crippen molar-refractivity contribution in [3.05, 3.63) is 23.9 Å². The van der Waals surface area contributed by atoms with Crippen LogP contribution in [0.5, 0.6) is 5.75 Å². The van der Waals surface area contributed by atoms with Crippen molar-refractivity contribution >= 4 is 16.9 Å². The van der Waals surface area contributed by atoms with Gasteiger partial charge in [0, 0.05) is 11.9 Å². The van der Waals surface area contributed by atoms with Crippen LogP contribution in [0.2, 0.25) is 0 Å². The molecule has 0 radical (unpaired) electrons. The highest BCUT2D eigenvalue weighted by Gasteiger charge is 2.07. The van der Waals surface area contributed by atoms with Crippen LogP contribution in [0, 0.1) is 6.92 Å². The van der Waals surface area contributed by atoms with Gasteiger partial charge in [-0.25, -0.2) is 9.97 Å². The van der Waals surface area contributed by atoms with Gasteiger partial charge in [-0.05, 0) is 19.4 Å². The SMILES string of the molecule is CCCCCNc1nc(C)c2cccc(O)c2n1. The lowest BCUT2D eigenvalue weighted by Crippen LogP contribution is -2.06. The first-order chi connectivity index (χ1) is 8.72. The maximum absolute atomic E-state index is 9.81. The molecule has 0 saturated carbocycles. The number of rotatable bonds is 5. The summed E-state index contributed by atoms with van der Waals surface area (Å²) in [7, 11) is 0. The molecule has 0 aliphatic carbocycles. The largest absolute Gasteiger partial charge is 0.506 e. The highest BCUT2D eigenvalue weighted by atomic mass is 16.3. The summed E-state index contributed by atoms with van der Waals surface area (Å²) < 4.78 is 0. The zero-order chi connectivity index (χ0) is 13.0. The van der Waals surface area contributed by atoms with Crippen LogP contribution in [-0.2, 0) is 0 Å². The van der Waals surface area contributed by atoms with E-state index in [0.717, 1.165) is 24.0 Å². The number of phenols is 1. The van der Waals surface area contributed by atoms with E-state index in [4.69, 9.17) is 0 Å². The third-order valence-electron chi connectivity index (χ3n) is 2.96. The number of nitrogens with zero attached hydrogens (tertiary/aromatic N) is 2. The summed E-state index contributed by atoms with van der Waals surface area (Å²) in [4.78, 5) is 8.77. The summed E-state index contributed by atoms with van der Waals surface area (Å²) in [6, 6.07) is 5.38. The number of para-hydroxylation sites is 1. The molecule has 1 heterocycles. The Balaban J connectivity index is 2.22. The van der Waals surface area contributed by atoms with E-state index in [1.165, 1.54) is 12.8 Å². The number of nitrogens with one attached hydrogen (secondary N) is 1. The lowest BCUT2D eigenvalue weighted by atomic mass is 10.2. The lowest BCUT2D eigenvalue weighted by molar-refractivity contribution is 0.480. The van der Waals surface area contributed by atoms with Crippen LogP contribution in [-0.4, -0.2) is 21.6 Å². The van der Waals surface area contributed by atoms with Crippen LogP contribution >= 0.6 is 0 Å². The molecule has 18 heavy (non-hydrogen) atoms. The number of fused-ring (bicyclic) bond motifs is 1. The average molecular weight is 245 g/mol. The third kappa shape index (κ3) is 2.70. The molecular weight excluding hydrogens is 226 g/mol. The van der Waals surface area contributed by atoms with Crippen LogP contribution in [0.25, 0.3) is 10.9 Å². The summed E-state index contributed by atoms with van der Waals surface area (Å²) in [6.07, 6.45) is 3.50. The van der Waals surface area contributed by atoms with Gasteiger partial charge in [0.1, 0.15) is 11.3 Å². The fourth-order valence-corrected chi connectivity index (χ4v) is 1.95. The Morgan fingerprint density at radius 3 is 2.83 bits per heavy atom. The van der Waals surface area contributed by atoms with E-state index in [2.05, 4.69) is 22.2 Å². The molecule has 2 rings (SSSR count). The van der Waals surface area contributed by atoms with Crippen molar-refractivity contribution in [2.24, 2.45) is 0 Å². The topological polar surface area (TPSA) is 58.0 Å². The van der Waals surface area contributed by atoms with Gasteiger partial charge in [0.2, 0.25) is 5.95 Å². The monoisotopic (exact) mass is 245 g/mol. The first-order valence-electron chi connectivity index (χ1n) is 6.42. The molecule has 2 aromatic rings. The number of hydrogen-bond acceptors (Lipinski definition) is 4. The average Bonchev–Trinajstić information content (AvgIpc) is 2.36. The van der Waals surface area contributed by atoms with Gasteiger partial charge in [-0.15, -0.1) is 0 Å². The predicted molar refractivity (Wildman–Crippen MR) is 74.0 cm³/mol. The number of unbranched alkanes of at least 4 members (excludes halogenated alkanes) is 2. The van der Waals surface area contributed by atoms with Crippen molar-refractivity contribution in [1.29, 1.82) is 0 Å². The summed E-state index contributed by atoms with van der Waals surface area (Å²) >= 11 is 0. The molecule has 96 valence electrons. The van der Waals surface area contributed by atoms with E-state index in [1.54, 1.807) is 6.07 Å². The van der Waals surface area contributed by atoms with Crippen LogP contribution in [0.15, 0.2) is 18.2 Å². The molecule has 0 unspecified atom stereocenters. The van der Waals surface area contributed by atoms with Crippen molar-refractivity contribution in [1.82, 2.24) is 9.97 Å². The summed E-state index contributed by atoms with van der Waals surface area (Å²) in [6.45, 7) is 4.97. The Morgan fingerprint density at radius 1 is 1.22 bits per heavy atom.